The summed E-state index contributed by atoms with van der Waals surface area (Å²) in [5.74, 6) is -1.93. The molecular formula is C11H15FN2O5. The van der Waals surface area contributed by atoms with Crippen LogP contribution >= 0.6 is 0 Å². The second-order valence-corrected chi connectivity index (χ2v) is 4.76. The van der Waals surface area contributed by atoms with E-state index >= 15 is 0 Å². The molecule has 0 amide bonds. The van der Waals surface area contributed by atoms with Gasteiger partial charge in [0.15, 0.2) is 6.79 Å². The van der Waals surface area contributed by atoms with Crippen molar-refractivity contribution >= 4 is 5.97 Å². The number of H-pyrrole nitrogens is 1. The lowest BCUT2D eigenvalue weighted by Gasteiger charge is -2.19. The summed E-state index contributed by atoms with van der Waals surface area (Å²) >= 11 is 0. The van der Waals surface area contributed by atoms with E-state index < -0.39 is 35.2 Å². The fraction of sp³-hybridized carbons (Fsp3) is 0.545. The molecule has 106 valence electrons. The minimum Gasteiger partial charge on any atom is -0.437 e. The molecule has 1 heterocycles. The number of rotatable bonds is 4. The minimum atomic E-state index is -1.15. The highest BCUT2D eigenvalue weighted by Crippen LogP contribution is 2.06. The Bertz CT molecular complexity index is 570. The Kier molecular flexibility index (Phi) is 4.60. The summed E-state index contributed by atoms with van der Waals surface area (Å²) in [6.45, 7) is 4.55. The Labute approximate surface area is 108 Å². The van der Waals surface area contributed by atoms with Crippen LogP contribution in [0.2, 0.25) is 0 Å². The van der Waals surface area contributed by atoms with Crippen LogP contribution < -0.4 is 11.2 Å². The Morgan fingerprint density at radius 3 is 2.63 bits per heavy atom. The van der Waals surface area contributed by atoms with Crippen LogP contribution in [0.3, 0.4) is 0 Å². The van der Waals surface area contributed by atoms with Gasteiger partial charge in [0.2, 0.25) is 5.82 Å². The van der Waals surface area contributed by atoms with Crippen LogP contribution in [0.5, 0.6) is 0 Å². The third-order valence-corrected chi connectivity index (χ3v) is 1.98. The zero-order valence-corrected chi connectivity index (χ0v) is 10.9. The van der Waals surface area contributed by atoms with Crippen molar-refractivity contribution in [3.05, 3.63) is 32.9 Å². The van der Waals surface area contributed by atoms with Crippen LogP contribution in [-0.2, 0) is 20.8 Å². The van der Waals surface area contributed by atoms with Crippen molar-refractivity contribution in [3.8, 4) is 0 Å². The number of aromatic amines is 1. The highest BCUT2D eigenvalue weighted by molar-refractivity contribution is 5.69. The number of hydrogen-bond donors (Lipinski definition) is 1. The number of halogens is 1. The number of hydrogen-bond acceptors (Lipinski definition) is 5. The molecule has 0 fully saturated rings. The number of aromatic nitrogens is 2. The van der Waals surface area contributed by atoms with Gasteiger partial charge in [0.25, 0.3) is 5.56 Å². The normalized spacial score (nSPS) is 11.4. The lowest BCUT2D eigenvalue weighted by atomic mass is 10.2. The molecule has 8 heteroatoms. The van der Waals surface area contributed by atoms with Crippen molar-refractivity contribution in [2.75, 3.05) is 6.79 Å². The number of nitrogens with zero attached hydrogens (tertiary/aromatic N) is 1. The van der Waals surface area contributed by atoms with E-state index in [1.165, 1.54) is 0 Å². The van der Waals surface area contributed by atoms with Gasteiger partial charge in [-0.3, -0.25) is 19.1 Å². The third kappa shape index (κ3) is 5.04. The van der Waals surface area contributed by atoms with Crippen molar-refractivity contribution in [2.24, 2.45) is 0 Å². The lowest BCUT2D eigenvalue weighted by Crippen LogP contribution is -2.34. The van der Waals surface area contributed by atoms with E-state index in [2.05, 4.69) is 0 Å². The quantitative estimate of drug-likeness (QED) is 0.616. The Hall–Kier alpha value is -1.96. The Morgan fingerprint density at radius 1 is 1.42 bits per heavy atom. The summed E-state index contributed by atoms with van der Waals surface area (Å²) in [5, 5.41) is 0. The maximum Gasteiger partial charge on any atom is 0.329 e. The van der Waals surface area contributed by atoms with Gasteiger partial charge in [-0.25, -0.2) is 4.79 Å². The molecule has 0 aliphatic rings. The molecule has 0 unspecified atom stereocenters. The van der Waals surface area contributed by atoms with Gasteiger partial charge in [-0.05, 0) is 20.8 Å². The van der Waals surface area contributed by atoms with Gasteiger partial charge in [0.1, 0.15) is 6.54 Å². The summed E-state index contributed by atoms with van der Waals surface area (Å²) < 4.78 is 23.5. The van der Waals surface area contributed by atoms with Gasteiger partial charge < -0.3 is 9.47 Å². The predicted molar refractivity (Wildman–Crippen MR) is 63.1 cm³/mol. The molecule has 0 bridgehead atoms. The summed E-state index contributed by atoms with van der Waals surface area (Å²) in [4.78, 5) is 35.1. The molecule has 1 N–H and O–H groups in total. The highest BCUT2D eigenvalue weighted by atomic mass is 19.1. The minimum absolute atomic E-state index is 0.275. The molecule has 0 aromatic carbocycles. The highest BCUT2D eigenvalue weighted by Gasteiger charge is 2.13. The fourth-order valence-electron chi connectivity index (χ4n) is 1.06. The average Bonchev–Trinajstić information content (AvgIpc) is 2.24. The van der Waals surface area contributed by atoms with Crippen molar-refractivity contribution in [1.29, 1.82) is 0 Å². The first kappa shape index (κ1) is 15.1. The van der Waals surface area contributed by atoms with E-state index in [1.54, 1.807) is 25.8 Å². The molecule has 1 rings (SSSR count). The third-order valence-electron chi connectivity index (χ3n) is 1.98. The smallest absolute Gasteiger partial charge is 0.329 e. The summed E-state index contributed by atoms with van der Waals surface area (Å²) in [7, 11) is 0. The van der Waals surface area contributed by atoms with E-state index in [-0.39, 0.29) is 6.79 Å². The number of esters is 1. The maximum absolute atomic E-state index is 12.9. The van der Waals surface area contributed by atoms with E-state index in [0.717, 1.165) is 0 Å². The van der Waals surface area contributed by atoms with E-state index in [1.807, 2.05) is 0 Å². The second-order valence-electron chi connectivity index (χ2n) is 4.76. The van der Waals surface area contributed by atoms with Crippen molar-refractivity contribution in [1.82, 2.24) is 9.55 Å². The molecule has 19 heavy (non-hydrogen) atoms. The van der Waals surface area contributed by atoms with E-state index in [0.29, 0.717) is 10.8 Å². The monoisotopic (exact) mass is 274 g/mol. The zero-order chi connectivity index (χ0) is 14.6. The van der Waals surface area contributed by atoms with E-state index in [4.69, 9.17) is 9.47 Å². The van der Waals surface area contributed by atoms with Gasteiger partial charge in [0, 0.05) is 0 Å². The fourth-order valence-corrected chi connectivity index (χ4v) is 1.06. The first-order valence-electron chi connectivity index (χ1n) is 5.48. The van der Waals surface area contributed by atoms with Gasteiger partial charge in [-0.2, -0.15) is 4.39 Å². The maximum atomic E-state index is 12.9. The van der Waals surface area contributed by atoms with Crippen LogP contribution in [0.25, 0.3) is 0 Å². The molecule has 0 aliphatic heterocycles. The van der Waals surface area contributed by atoms with Crippen LogP contribution in [-0.4, -0.2) is 27.9 Å². The standard InChI is InChI=1S/C11H15FN2O5/c1-11(2,3)19-6-18-8(15)5-14-4-7(12)9(16)13-10(14)17/h4H,5-6H2,1-3H3,(H,13,16,17). The van der Waals surface area contributed by atoms with Crippen molar-refractivity contribution in [2.45, 2.75) is 32.9 Å². The molecular weight excluding hydrogens is 259 g/mol. The van der Waals surface area contributed by atoms with Crippen LogP contribution in [0.1, 0.15) is 20.8 Å². The SMILES string of the molecule is CC(C)(C)OCOC(=O)Cn1cc(F)c(=O)[nH]c1=O. The molecule has 1 aromatic heterocycles. The molecule has 0 aliphatic carbocycles. The molecule has 0 radical (unpaired) electrons. The molecule has 1 aromatic rings. The van der Waals surface area contributed by atoms with Gasteiger partial charge in [0.05, 0.1) is 11.8 Å². The summed E-state index contributed by atoms with van der Waals surface area (Å²) in [6.07, 6.45) is 0.646. The number of ether oxygens (including phenoxy) is 2. The van der Waals surface area contributed by atoms with Crippen LogP contribution in [0.4, 0.5) is 4.39 Å². The molecule has 0 saturated heterocycles. The van der Waals surface area contributed by atoms with Crippen LogP contribution in [0.15, 0.2) is 15.8 Å². The topological polar surface area (TPSA) is 90.4 Å². The number of carbonyl (C=O) groups is 1. The Balaban J connectivity index is 2.61. The molecule has 0 atom stereocenters. The van der Waals surface area contributed by atoms with Gasteiger partial charge in [-0.1, -0.05) is 0 Å². The number of carbonyl (C=O) groups excluding carboxylic acids is 1. The Morgan fingerprint density at radius 2 is 2.05 bits per heavy atom. The van der Waals surface area contributed by atoms with Crippen molar-refractivity contribution in [3.63, 3.8) is 0 Å². The average molecular weight is 274 g/mol. The summed E-state index contributed by atoms with van der Waals surface area (Å²) in [5.41, 5.74) is -2.49. The van der Waals surface area contributed by atoms with Crippen LogP contribution in [0, 0.1) is 5.82 Å². The second kappa shape index (κ2) is 5.79. The van der Waals surface area contributed by atoms with Gasteiger partial charge in [-0.15, -0.1) is 0 Å². The first-order valence-corrected chi connectivity index (χ1v) is 5.48. The zero-order valence-electron chi connectivity index (χ0n) is 10.9. The predicted octanol–water partition coefficient (Wildman–Crippen LogP) is -0.00850. The molecule has 7 nitrogen and oxygen atoms in total. The first-order chi connectivity index (χ1) is 8.69. The van der Waals surface area contributed by atoms with E-state index in [9.17, 15) is 18.8 Å². The molecule has 0 saturated carbocycles. The number of nitrogens with one attached hydrogen (secondary N) is 1. The van der Waals surface area contributed by atoms with Gasteiger partial charge >= 0.3 is 11.7 Å². The molecule has 0 spiro atoms. The summed E-state index contributed by atoms with van der Waals surface area (Å²) in [6, 6.07) is 0. The lowest BCUT2D eigenvalue weighted by molar-refractivity contribution is -0.167. The van der Waals surface area contributed by atoms with Crippen molar-refractivity contribution < 1.29 is 18.7 Å². The largest absolute Gasteiger partial charge is 0.437 e.